The quantitative estimate of drug-likeness (QED) is 0.812. The Morgan fingerprint density at radius 1 is 1.04 bits per heavy atom. The minimum atomic E-state index is -0.368. The molecule has 0 aliphatic heterocycles. The number of carbonyl (C=O) groups excluding carboxylic acids is 2. The molecule has 0 bridgehead atoms. The van der Waals surface area contributed by atoms with E-state index in [1.165, 1.54) is 37.1 Å². The van der Waals surface area contributed by atoms with Gasteiger partial charge in [0.1, 0.15) is 5.82 Å². The Balaban J connectivity index is 1.65. The van der Waals surface area contributed by atoms with Gasteiger partial charge in [0.05, 0.1) is 17.8 Å². The zero-order valence-corrected chi connectivity index (χ0v) is 15.4. The molecule has 2 aromatic rings. The highest BCUT2D eigenvalue weighted by atomic mass is 19.1. The van der Waals surface area contributed by atoms with Crippen molar-refractivity contribution in [1.29, 1.82) is 0 Å². The number of carbonyl (C=O) groups is 2. The first-order valence-corrected chi connectivity index (χ1v) is 9.19. The minimum Gasteiger partial charge on any atom is -0.324 e. The monoisotopic (exact) mass is 369 g/mol. The summed E-state index contributed by atoms with van der Waals surface area (Å²) in [4.78, 5) is 27.1. The second-order valence-electron chi connectivity index (χ2n) is 6.91. The van der Waals surface area contributed by atoms with Gasteiger partial charge in [-0.15, -0.1) is 0 Å². The van der Waals surface area contributed by atoms with Crippen LogP contribution in [-0.2, 0) is 4.79 Å². The number of anilines is 2. The van der Waals surface area contributed by atoms with Gasteiger partial charge in [-0.1, -0.05) is 25.0 Å². The highest BCUT2D eigenvalue weighted by Crippen LogP contribution is 2.22. The predicted molar refractivity (Wildman–Crippen MR) is 104 cm³/mol. The molecule has 1 saturated carbocycles. The van der Waals surface area contributed by atoms with Gasteiger partial charge in [0.15, 0.2) is 0 Å². The van der Waals surface area contributed by atoms with Crippen molar-refractivity contribution in [3.05, 3.63) is 59.9 Å². The summed E-state index contributed by atoms with van der Waals surface area (Å²) in [7, 11) is 1.96. The number of nitrogens with one attached hydrogen (secondary N) is 2. The molecule has 0 saturated heterocycles. The molecule has 0 radical (unpaired) electrons. The Labute approximate surface area is 158 Å². The summed E-state index contributed by atoms with van der Waals surface area (Å²) in [5.74, 6) is -0.875. The fraction of sp³-hybridized carbons (Fsp3) is 0.333. The lowest BCUT2D eigenvalue weighted by Gasteiger charge is -2.23. The van der Waals surface area contributed by atoms with Gasteiger partial charge in [0.2, 0.25) is 5.91 Å². The van der Waals surface area contributed by atoms with Crippen LogP contribution in [0.1, 0.15) is 36.0 Å². The third-order valence-corrected chi connectivity index (χ3v) is 4.89. The third-order valence-electron chi connectivity index (χ3n) is 4.89. The van der Waals surface area contributed by atoms with Crippen LogP contribution in [0.2, 0.25) is 0 Å². The molecule has 0 unspecified atom stereocenters. The third kappa shape index (κ3) is 5.14. The highest BCUT2D eigenvalue weighted by Gasteiger charge is 2.22. The molecule has 142 valence electrons. The molecular weight excluding hydrogens is 345 g/mol. The highest BCUT2D eigenvalue weighted by molar-refractivity contribution is 6.10. The molecule has 1 fully saturated rings. The van der Waals surface area contributed by atoms with Gasteiger partial charge in [-0.2, -0.15) is 0 Å². The Morgan fingerprint density at radius 2 is 1.70 bits per heavy atom. The maximum atomic E-state index is 13.0. The van der Waals surface area contributed by atoms with Crippen LogP contribution in [0.4, 0.5) is 15.8 Å². The van der Waals surface area contributed by atoms with Crippen LogP contribution in [0.25, 0.3) is 0 Å². The van der Waals surface area contributed by atoms with Crippen LogP contribution in [0, 0.1) is 5.82 Å². The van der Waals surface area contributed by atoms with E-state index in [1.54, 1.807) is 24.3 Å². The predicted octanol–water partition coefficient (Wildman–Crippen LogP) is 3.89. The molecule has 27 heavy (non-hydrogen) atoms. The lowest BCUT2D eigenvalue weighted by atomic mass is 10.1. The zero-order valence-electron chi connectivity index (χ0n) is 15.4. The number of likely N-dealkylation sites (N-methyl/N-ethyl adjacent to an activating group) is 1. The van der Waals surface area contributed by atoms with Gasteiger partial charge < -0.3 is 10.6 Å². The van der Waals surface area contributed by atoms with Crippen LogP contribution < -0.4 is 10.6 Å². The molecule has 0 heterocycles. The molecule has 0 spiro atoms. The van der Waals surface area contributed by atoms with Gasteiger partial charge >= 0.3 is 0 Å². The number of hydrogen-bond acceptors (Lipinski definition) is 3. The van der Waals surface area contributed by atoms with E-state index in [4.69, 9.17) is 0 Å². The van der Waals surface area contributed by atoms with E-state index in [1.807, 2.05) is 7.05 Å². The Hall–Kier alpha value is -2.73. The second kappa shape index (κ2) is 8.77. The van der Waals surface area contributed by atoms with Crippen LogP contribution in [0.15, 0.2) is 48.5 Å². The van der Waals surface area contributed by atoms with Crippen LogP contribution >= 0.6 is 0 Å². The Kier molecular flexibility index (Phi) is 6.19. The van der Waals surface area contributed by atoms with E-state index in [9.17, 15) is 14.0 Å². The van der Waals surface area contributed by atoms with Crippen molar-refractivity contribution < 1.29 is 14.0 Å². The molecule has 5 nitrogen and oxygen atoms in total. The Bertz CT molecular complexity index is 801. The molecule has 0 aromatic heterocycles. The summed E-state index contributed by atoms with van der Waals surface area (Å²) < 4.78 is 13.0. The van der Waals surface area contributed by atoms with Crippen LogP contribution in [-0.4, -0.2) is 36.3 Å². The topological polar surface area (TPSA) is 61.4 Å². The maximum absolute atomic E-state index is 13.0. The summed E-state index contributed by atoms with van der Waals surface area (Å²) in [5.41, 5.74) is 1.31. The fourth-order valence-corrected chi connectivity index (χ4v) is 3.41. The van der Waals surface area contributed by atoms with Gasteiger partial charge in [0.25, 0.3) is 5.91 Å². The second-order valence-corrected chi connectivity index (χ2v) is 6.91. The van der Waals surface area contributed by atoms with E-state index in [0.717, 1.165) is 12.8 Å². The van der Waals surface area contributed by atoms with E-state index in [2.05, 4.69) is 15.5 Å². The summed E-state index contributed by atoms with van der Waals surface area (Å²) in [6, 6.07) is 12.8. The average molecular weight is 369 g/mol. The van der Waals surface area contributed by atoms with Gasteiger partial charge in [0, 0.05) is 11.7 Å². The standard InChI is InChI=1S/C21H24FN3O2/c1-25(17-6-2-3-7-17)14-20(26)24-19-9-5-4-8-18(19)21(27)23-16-12-10-15(22)11-13-16/h4-5,8-13,17H,2-3,6-7,14H2,1H3,(H,23,27)(H,24,26). The molecule has 2 amide bonds. The molecule has 2 N–H and O–H groups in total. The van der Waals surface area contributed by atoms with E-state index < -0.39 is 0 Å². The van der Waals surface area contributed by atoms with Crippen molar-refractivity contribution in [2.45, 2.75) is 31.7 Å². The smallest absolute Gasteiger partial charge is 0.257 e. The number of para-hydroxylation sites is 1. The van der Waals surface area contributed by atoms with Crippen LogP contribution in [0.5, 0.6) is 0 Å². The summed E-state index contributed by atoms with van der Waals surface area (Å²) >= 11 is 0. The lowest BCUT2D eigenvalue weighted by Crippen LogP contribution is -2.36. The molecular formula is C21H24FN3O2. The van der Waals surface area contributed by atoms with E-state index in [-0.39, 0.29) is 17.6 Å². The first-order valence-electron chi connectivity index (χ1n) is 9.19. The van der Waals surface area contributed by atoms with Crippen molar-refractivity contribution in [2.75, 3.05) is 24.2 Å². The lowest BCUT2D eigenvalue weighted by molar-refractivity contribution is -0.117. The van der Waals surface area contributed by atoms with Gasteiger partial charge in [-0.25, -0.2) is 4.39 Å². The first kappa shape index (κ1) is 19.0. The van der Waals surface area contributed by atoms with Crippen molar-refractivity contribution in [3.8, 4) is 0 Å². The van der Waals surface area contributed by atoms with Gasteiger partial charge in [-0.3, -0.25) is 14.5 Å². The van der Waals surface area contributed by atoms with E-state index in [0.29, 0.717) is 29.5 Å². The molecule has 2 aromatic carbocycles. The molecule has 3 rings (SSSR count). The largest absolute Gasteiger partial charge is 0.324 e. The summed E-state index contributed by atoms with van der Waals surface area (Å²) in [6.07, 6.45) is 4.67. The van der Waals surface area contributed by atoms with Crippen molar-refractivity contribution >= 4 is 23.2 Å². The zero-order chi connectivity index (χ0) is 19.2. The summed E-state index contributed by atoms with van der Waals surface area (Å²) in [6.45, 7) is 0.290. The average Bonchev–Trinajstić information content (AvgIpc) is 3.19. The number of benzene rings is 2. The number of amides is 2. The van der Waals surface area contributed by atoms with Crippen molar-refractivity contribution in [2.24, 2.45) is 0 Å². The minimum absolute atomic E-state index is 0.147. The first-order chi connectivity index (χ1) is 13.0. The number of hydrogen-bond donors (Lipinski definition) is 2. The maximum Gasteiger partial charge on any atom is 0.257 e. The van der Waals surface area contributed by atoms with Gasteiger partial charge in [-0.05, 0) is 56.3 Å². The molecule has 1 aliphatic carbocycles. The molecule has 1 aliphatic rings. The molecule has 0 atom stereocenters. The van der Waals surface area contributed by atoms with Crippen LogP contribution in [0.3, 0.4) is 0 Å². The fourth-order valence-electron chi connectivity index (χ4n) is 3.41. The SMILES string of the molecule is CN(CC(=O)Nc1ccccc1C(=O)Nc1ccc(F)cc1)C1CCCC1. The van der Waals surface area contributed by atoms with Crippen molar-refractivity contribution in [1.82, 2.24) is 4.90 Å². The Morgan fingerprint density at radius 3 is 2.41 bits per heavy atom. The number of rotatable bonds is 6. The normalized spacial score (nSPS) is 14.3. The van der Waals surface area contributed by atoms with Crippen molar-refractivity contribution in [3.63, 3.8) is 0 Å². The number of nitrogens with zero attached hydrogens (tertiary/aromatic N) is 1. The van der Waals surface area contributed by atoms with E-state index >= 15 is 0 Å². The molecule has 6 heteroatoms. The number of halogens is 1. The summed E-state index contributed by atoms with van der Waals surface area (Å²) in [5, 5.41) is 5.56.